The fraction of sp³-hybridized carbons (Fsp3) is 0.900. The molecule has 0 N–H and O–H groups in total. The monoisotopic (exact) mass is 231 g/mol. The highest BCUT2D eigenvalue weighted by molar-refractivity contribution is 7.94. The second-order valence-corrected chi connectivity index (χ2v) is 5.73. The maximum Gasteiger partial charge on any atom is 0.140 e. The Bertz CT molecular complexity index is 279. The van der Waals surface area contributed by atoms with Crippen LogP contribution in [0.25, 0.3) is 0 Å². The molecular weight excluding hydrogens is 216 g/mol. The highest BCUT2D eigenvalue weighted by atomic mass is 32.2. The van der Waals surface area contributed by atoms with E-state index in [-0.39, 0.29) is 10.8 Å². The Morgan fingerprint density at radius 3 is 2.80 bits per heavy atom. The summed E-state index contributed by atoms with van der Waals surface area (Å²) >= 11 is 0.951. The topological polar surface area (TPSA) is 58.6 Å². The Kier molecular flexibility index (Phi) is 2.83. The van der Waals surface area contributed by atoms with Crippen molar-refractivity contribution in [3.63, 3.8) is 0 Å². The molecule has 2 aliphatic carbocycles. The predicted molar refractivity (Wildman–Crippen MR) is 53.2 cm³/mol. The summed E-state index contributed by atoms with van der Waals surface area (Å²) in [7, 11) is 0. The summed E-state index contributed by atoms with van der Waals surface area (Å²) < 4.78 is 4.29. The SMILES string of the molecule is CC1(C)C2CCC1(CSOO[O-])C(=O)C2. The molecule has 2 rings (SSSR count). The molecule has 2 atom stereocenters. The van der Waals surface area contributed by atoms with Gasteiger partial charge in [-0.05, 0) is 24.2 Å². The van der Waals surface area contributed by atoms with Crippen LogP contribution >= 0.6 is 12.0 Å². The lowest BCUT2D eigenvalue weighted by atomic mass is 9.70. The molecule has 0 aromatic rings. The van der Waals surface area contributed by atoms with Crippen molar-refractivity contribution in [2.24, 2.45) is 16.7 Å². The average molecular weight is 231 g/mol. The Morgan fingerprint density at radius 1 is 1.60 bits per heavy atom. The number of fused-ring (bicyclic) bond motifs is 2. The van der Waals surface area contributed by atoms with E-state index in [1.807, 2.05) is 0 Å². The van der Waals surface area contributed by atoms with Gasteiger partial charge in [-0.3, -0.25) is 9.83 Å². The van der Waals surface area contributed by atoms with Crippen LogP contribution in [0.5, 0.6) is 0 Å². The van der Waals surface area contributed by atoms with Gasteiger partial charge in [0.2, 0.25) is 0 Å². The third kappa shape index (κ3) is 1.45. The summed E-state index contributed by atoms with van der Waals surface area (Å²) in [5, 5.41) is 13.0. The Hall–Kier alpha value is -0.100. The maximum absolute atomic E-state index is 12.0. The first-order valence-corrected chi connectivity index (χ1v) is 6.07. The molecule has 0 amide bonds. The zero-order valence-electron chi connectivity index (χ0n) is 8.95. The molecule has 0 radical (unpaired) electrons. The van der Waals surface area contributed by atoms with Crippen LogP contribution in [-0.4, -0.2) is 11.5 Å². The number of hydrogen-bond donors (Lipinski definition) is 0. The van der Waals surface area contributed by atoms with E-state index in [4.69, 9.17) is 0 Å². The van der Waals surface area contributed by atoms with Crippen molar-refractivity contribution in [3.05, 3.63) is 0 Å². The van der Waals surface area contributed by atoms with E-state index in [0.29, 0.717) is 23.9 Å². The van der Waals surface area contributed by atoms with Gasteiger partial charge in [-0.15, -0.1) is 0 Å². The Morgan fingerprint density at radius 2 is 2.33 bits per heavy atom. The molecular formula is C10H15O4S-. The van der Waals surface area contributed by atoms with Crippen LogP contribution in [0.1, 0.15) is 33.1 Å². The molecule has 5 heteroatoms. The summed E-state index contributed by atoms with van der Waals surface area (Å²) in [4.78, 5) is 12.0. The number of carbonyl (C=O) groups is 1. The number of ketones is 1. The van der Waals surface area contributed by atoms with Crippen LogP contribution in [0.3, 0.4) is 0 Å². The fourth-order valence-electron chi connectivity index (χ4n) is 3.25. The molecule has 0 spiro atoms. The first-order valence-electron chi connectivity index (χ1n) is 5.16. The molecule has 0 aromatic heterocycles. The summed E-state index contributed by atoms with van der Waals surface area (Å²) in [5.41, 5.74) is -0.274. The van der Waals surface area contributed by atoms with Gasteiger partial charge < -0.3 is 5.26 Å². The molecule has 0 saturated heterocycles. The van der Waals surface area contributed by atoms with Gasteiger partial charge >= 0.3 is 0 Å². The molecule has 0 aromatic carbocycles. The molecule has 2 saturated carbocycles. The lowest BCUT2D eigenvalue weighted by Crippen LogP contribution is -2.38. The minimum atomic E-state index is -0.305. The second kappa shape index (κ2) is 3.73. The van der Waals surface area contributed by atoms with E-state index in [1.165, 1.54) is 0 Å². The molecule has 2 fully saturated rings. The van der Waals surface area contributed by atoms with E-state index in [1.54, 1.807) is 0 Å². The first kappa shape index (κ1) is 11.4. The first-order chi connectivity index (χ1) is 7.04. The Balaban J connectivity index is 2.13. The Labute approximate surface area is 93.4 Å². The summed E-state index contributed by atoms with van der Waals surface area (Å²) in [6.07, 6.45) is 2.71. The minimum Gasteiger partial charge on any atom is -0.691 e. The third-order valence-electron chi connectivity index (χ3n) is 4.52. The largest absolute Gasteiger partial charge is 0.691 e. The minimum absolute atomic E-state index is 0.0311. The molecule has 15 heavy (non-hydrogen) atoms. The van der Waals surface area contributed by atoms with Gasteiger partial charge in [0, 0.05) is 29.6 Å². The summed E-state index contributed by atoms with van der Waals surface area (Å²) in [6.45, 7) is 4.29. The van der Waals surface area contributed by atoms with Crippen LogP contribution in [0.15, 0.2) is 0 Å². The molecule has 86 valence electrons. The van der Waals surface area contributed by atoms with Gasteiger partial charge in [-0.2, -0.15) is 4.33 Å². The standard InChI is InChI=1S/C10H16O4S/c1-9(2)7-3-4-10(9,8(11)5-7)6-15-14-13-12/h7,12H,3-6H2,1-2H3/p-1. The van der Waals surface area contributed by atoms with E-state index in [2.05, 4.69) is 23.2 Å². The van der Waals surface area contributed by atoms with Crippen molar-refractivity contribution in [1.82, 2.24) is 0 Å². The van der Waals surface area contributed by atoms with Gasteiger partial charge in [-0.25, -0.2) is 0 Å². The van der Waals surface area contributed by atoms with Crippen molar-refractivity contribution in [2.45, 2.75) is 33.1 Å². The van der Waals surface area contributed by atoms with E-state index < -0.39 is 0 Å². The lowest BCUT2D eigenvalue weighted by molar-refractivity contribution is -0.777. The van der Waals surface area contributed by atoms with Crippen molar-refractivity contribution >= 4 is 17.8 Å². The van der Waals surface area contributed by atoms with Crippen molar-refractivity contribution in [2.75, 3.05) is 5.75 Å². The van der Waals surface area contributed by atoms with Crippen molar-refractivity contribution in [3.8, 4) is 0 Å². The number of hydrogen-bond acceptors (Lipinski definition) is 5. The smallest absolute Gasteiger partial charge is 0.140 e. The molecule has 2 unspecified atom stereocenters. The van der Waals surface area contributed by atoms with Gasteiger partial charge in [-0.1, -0.05) is 13.8 Å². The average Bonchev–Trinajstić information content (AvgIpc) is 2.52. The number of Topliss-reactive ketones (excluding diaryl/α,β-unsaturated/α-hetero) is 1. The highest BCUT2D eigenvalue weighted by Crippen LogP contribution is 2.64. The van der Waals surface area contributed by atoms with Crippen molar-refractivity contribution < 1.29 is 19.4 Å². The second-order valence-electron chi connectivity index (χ2n) is 5.06. The lowest BCUT2D eigenvalue weighted by Gasteiger charge is -2.35. The van der Waals surface area contributed by atoms with Gasteiger partial charge in [0.1, 0.15) is 5.78 Å². The number of rotatable bonds is 4. The molecule has 0 aliphatic heterocycles. The van der Waals surface area contributed by atoms with Gasteiger partial charge in [0.25, 0.3) is 0 Å². The van der Waals surface area contributed by atoms with Crippen LogP contribution in [-0.2, 0) is 14.2 Å². The maximum atomic E-state index is 12.0. The summed E-state index contributed by atoms with van der Waals surface area (Å²) in [5.74, 6) is 1.35. The van der Waals surface area contributed by atoms with Gasteiger partial charge in [0.15, 0.2) is 0 Å². The molecule has 4 nitrogen and oxygen atoms in total. The third-order valence-corrected chi connectivity index (χ3v) is 5.28. The molecule has 0 heterocycles. The predicted octanol–water partition coefficient (Wildman–Crippen LogP) is 1.25. The zero-order valence-corrected chi connectivity index (χ0v) is 9.76. The van der Waals surface area contributed by atoms with E-state index in [0.717, 1.165) is 24.9 Å². The van der Waals surface area contributed by atoms with Crippen LogP contribution in [0.2, 0.25) is 0 Å². The highest BCUT2D eigenvalue weighted by Gasteiger charge is 2.63. The van der Waals surface area contributed by atoms with E-state index >= 15 is 0 Å². The molecule has 2 bridgehead atoms. The van der Waals surface area contributed by atoms with Crippen molar-refractivity contribution in [1.29, 1.82) is 0 Å². The number of carbonyl (C=O) groups excluding carboxylic acids is 1. The van der Waals surface area contributed by atoms with Crippen LogP contribution < -0.4 is 5.26 Å². The van der Waals surface area contributed by atoms with Crippen LogP contribution in [0.4, 0.5) is 0 Å². The fourth-order valence-corrected chi connectivity index (χ4v) is 4.22. The quantitative estimate of drug-likeness (QED) is 0.315. The molecule has 2 aliphatic rings. The van der Waals surface area contributed by atoms with Crippen LogP contribution in [0, 0.1) is 16.7 Å². The van der Waals surface area contributed by atoms with Gasteiger partial charge in [0.05, 0.1) is 0 Å². The zero-order chi connectivity index (χ0) is 11.1. The summed E-state index contributed by atoms with van der Waals surface area (Å²) in [6, 6.07) is 0. The van der Waals surface area contributed by atoms with E-state index in [9.17, 15) is 10.1 Å². The normalized spacial score (nSPS) is 37.5.